The van der Waals surface area contributed by atoms with Crippen LogP contribution in [0.4, 0.5) is 62.6 Å². The molecule has 0 spiro atoms. The van der Waals surface area contributed by atoms with Crippen molar-refractivity contribution in [2.75, 3.05) is 31.3 Å². The van der Waals surface area contributed by atoms with Gasteiger partial charge in [-0.05, 0) is 145 Å². The third-order valence-electron chi connectivity index (χ3n) is 11.2. The van der Waals surface area contributed by atoms with E-state index in [0.717, 1.165) is 68.1 Å². The summed E-state index contributed by atoms with van der Waals surface area (Å²) in [5.74, 6) is 0. The van der Waals surface area contributed by atoms with Gasteiger partial charge in [-0.3, -0.25) is 10.0 Å². The fourth-order valence-corrected chi connectivity index (χ4v) is 8.18. The zero-order valence-electron chi connectivity index (χ0n) is 34.8. The average molecular weight is 815 g/mol. The number of nitrogens with zero attached hydrogens (tertiary/aromatic N) is 5. The highest BCUT2D eigenvalue weighted by Crippen LogP contribution is 2.39. The van der Waals surface area contributed by atoms with Crippen LogP contribution in [-0.4, -0.2) is 6.54 Å². The van der Waals surface area contributed by atoms with Gasteiger partial charge in [0.25, 0.3) is 0 Å². The summed E-state index contributed by atoms with van der Waals surface area (Å²) in [7, 11) is 0. The number of hydrogen-bond acceptors (Lipinski definition) is 6. The molecule has 0 atom stereocenters. The minimum absolute atomic E-state index is 0.644. The van der Waals surface area contributed by atoms with E-state index in [1.807, 2.05) is 0 Å². The van der Waals surface area contributed by atoms with Crippen LogP contribution < -0.4 is 30.3 Å². The molecular formula is C57H46N6. The third kappa shape index (κ3) is 8.53. The van der Waals surface area contributed by atoms with Gasteiger partial charge in [0, 0.05) is 57.4 Å². The fraction of sp³-hybridized carbons (Fsp3) is 0.0175. The number of para-hydroxylation sites is 6. The van der Waals surface area contributed by atoms with E-state index >= 15 is 0 Å². The van der Waals surface area contributed by atoms with Crippen LogP contribution in [-0.2, 0) is 0 Å². The van der Waals surface area contributed by atoms with E-state index in [4.69, 9.17) is 0 Å². The molecule has 9 aromatic rings. The maximum atomic E-state index is 3.74. The van der Waals surface area contributed by atoms with Crippen molar-refractivity contribution in [2.24, 2.45) is 0 Å². The van der Waals surface area contributed by atoms with Crippen LogP contribution in [0.15, 0.2) is 261 Å². The molecule has 6 nitrogen and oxygen atoms in total. The van der Waals surface area contributed by atoms with Crippen molar-refractivity contribution in [3.8, 4) is 0 Å². The first-order valence-corrected chi connectivity index (χ1v) is 21.3. The second-order valence-electron chi connectivity index (χ2n) is 15.3. The molecule has 0 saturated heterocycles. The summed E-state index contributed by atoms with van der Waals surface area (Å²) in [6.07, 6.45) is 2.22. The zero-order valence-corrected chi connectivity index (χ0v) is 34.8. The minimum atomic E-state index is 0.644. The van der Waals surface area contributed by atoms with E-state index in [9.17, 15) is 0 Å². The van der Waals surface area contributed by atoms with Crippen molar-refractivity contribution < 1.29 is 0 Å². The Labute approximate surface area is 370 Å². The van der Waals surface area contributed by atoms with Gasteiger partial charge in [-0.2, -0.15) is 0 Å². The number of rotatable bonds is 12. The lowest BCUT2D eigenvalue weighted by atomic mass is 10.0. The molecule has 1 heterocycles. The molecule has 1 aliphatic heterocycles. The van der Waals surface area contributed by atoms with Crippen LogP contribution >= 0.6 is 0 Å². The molecule has 6 heteroatoms. The molecule has 304 valence electrons. The van der Waals surface area contributed by atoms with E-state index in [2.05, 4.69) is 291 Å². The van der Waals surface area contributed by atoms with Crippen molar-refractivity contribution >= 4 is 68.1 Å². The molecule has 1 aliphatic rings. The van der Waals surface area contributed by atoms with E-state index in [-0.39, 0.29) is 0 Å². The third-order valence-corrected chi connectivity index (χ3v) is 11.2. The van der Waals surface area contributed by atoms with Crippen molar-refractivity contribution in [1.29, 1.82) is 0 Å². The van der Waals surface area contributed by atoms with Gasteiger partial charge in [0.2, 0.25) is 0 Å². The standard InChI is InChI=1S/C57H46N6/c1-7-19-49(20-8-1)61(50-21-9-2-10-22-50)55-33-31-45(32-34-55)46-43-59(47-35-39-56(40-36-47)62(51-23-11-3-12-24-51)52-25-13-4-14-26-52)58-60(44-46)48-37-41-57(42-38-48)63(53-27-15-5-16-28-53)54-29-17-6-18-30-54/h1-43,58H,44H2. The van der Waals surface area contributed by atoms with Crippen LogP contribution in [0.3, 0.4) is 0 Å². The van der Waals surface area contributed by atoms with E-state index in [0.29, 0.717) is 6.54 Å². The van der Waals surface area contributed by atoms with Gasteiger partial charge in [-0.1, -0.05) is 121 Å². The largest absolute Gasteiger partial charge is 0.311 e. The summed E-state index contributed by atoms with van der Waals surface area (Å²) in [4.78, 5) is 6.87. The highest BCUT2D eigenvalue weighted by Gasteiger charge is 2.23. The Bertz CT molecular complexity index is 2740. The Hall–Kier alpha value is -8.32. The number of anilines is 11. The summed E-state index contributed by atoms with van der Waals surface area (Å²) in [6, 6.07) is 89.6. The Kier molecular flexibility index (Phi) is 11.2. The molecule has 10 rings (SSSR count). The van der Waals surface area contributed by atoms with E-state index in [1.54, 1.807) is 0 Å². The van der Waals surface area contributed by atoms with Crippen molar-refractivity contribution in [3.63, 3.8) is 0 Å². The van der Waals surface area contributed by atoms with Gasteiger partial charge in [0.1, 0.15) is 0 Å². The lowest BCUT2D eigenvalue weighted by Gasteiger charge is -2.38. The number of nitrogens with one attached hydrogen (secondary N) is 1. The first-order chi connectivity index (χ1) is 31.2. The van der Waals surface area contributed by atoms with Crippen LogP contribution in [0.1, 0.15) is 5.56 Å². The van der Waals surface area contributed by atoms with Crippen LogP contribution in [0.5, 0.6) is 0 Å². The van der Waals surface area contributed by atoms with Gasteiger partial charge in [0.15, 0.2) is 0 Å². The number of hydrogen-bond donors (Lipinski definition) is 1. The second-order valence-corrected chi connectivity index (χ2v) is 15.3. The summed E-state index contributed by atoms with van der Waals surface area (Å²) in [5.41, 5.74) is 18.0. The summed E-state index contributed by atoms with van der Waals surface area (Å²) < 4.78 is 0. The molecule has 0 radical (unpaired) electrons. The molecule has 1 N–H and O–H groups in total. The van der Waals surface area contributed by atoms with Crippen LogP contribution in [0.25, 0.3) is 5.57 Å². The van der Waals surface area contributed by atoms with Crippen LogP contribution in [0, 0.1) is 0 Å². The Balaban J connectivity index is 1.00. The predicted octanol–water partition coefficient (Wildman–Crippen LogP) is 14.9. The second kappa shape index (κ2) is 18.1. The van der Waals surface area contributed by atoms with E-state index < -0.39 is 0 Å². The molecule has 0 fully saturated rings. The monoisotopic (exact) mass is 814 g/mol. The fourth-order valence-electron chi connectivity index (χ4n) is 8.18. The minimum Gasteiger partial charge on any atom is -0.311 e. The highest BCUT2D eigenvalue weighted by molar-refractivity contribution is 5.82. The smallest absolute Gasteiger partial charge is 0.0633 e. The maximum absolute atomic E-state index is 3.74. The number of benzene rings is 9. The molecule has 63 heavy (non-hydrogen) atoms. The molecule has 9 aromatic carbocycles. The molecule has 0 aromatic heterocycles. The Morgan fingerprint density at radius 3 is 0.873 bits per heavy atom. The number of hydrazine groups is 2. The van der Waals surface area contributed by atoms with Gasteiger partial charge in [0.05, 0.1) is 17.9 Å². The molecule has 0 unspecified atom stereocenters. The lowest BCUT2D eigenvalue weighted by Crippen LogP contribution is -2.52. The topological polar surface area (TPSA) is 28.2 Å². The maximum Gasteiger partial charge on any atom is 0.0633 e. The summed E-state index contributed by atoms with van der Waals surface area (Å²) >= 11 is 0. The first-order valence-electron chi connectivity index (χ1n) is 21.3. The quantitative estimate of drug-likeness (QED) is 0.132. The predicted molar refractivity (Wildman–Crippen MR) is 264 cm³/mol. The SMILES string of the molecule is C1=C(c2ccc(N(c3ccccc3)c3ccccc3)cc2)CN(c2ccc(N(c3ccccc3)c3ccccc3)cc2)NN1c1ccc(N(c2ccccc2)c2ccccc2)cc1. The molecule has 0 saturated carbocycles. The zero-order chi connectivity index (χ0) is 42.2. The van der Waals surface area contributed by atoms with Gasteiger partial charge >= 0.3 is 0 Å². The lowest BCUT2D eigenvalue weighted by molar-refractivity contribution is 0.645. The molecule has 0 aliphatic carbocycles. The van der Waals surface area contributed by atoms with Crippen molar-refractivity contribution in [2.45, 2.75) is 0 Å². The first kappa shape index (κ1) is 38.9. The summed E-state index contributed by atoms with van der Waals surface area (Å²) in [5, 5.41) is 4.34. The van der Waals surface area contributed by atoms with Gasteiger partial charge < -0.3 is 14.7 Å². The highest BCUT2D eigenvalue weighted by atomic mass is 15.8. The molecular weight excluding hydrogens is 769 g/mol. The van der Waals surface area contributed by atoms with E-state index in [1.165, 1.54) is 5.57 Å². The van der Waals surface area contributed by atoms with Crippen molar-refractivity contribution in [3.05, 3.63) is 267 Å². The van der Waals surface area contributed by atoms with Crippen LogP contribution in [0.2, 0.25) is 0 Å². The van der Waals surface area contributed by atoms with Gasteiger partial charge in [-0.15, -0.1) is 5.53 Å². The van der Waals surface area contributed by atoms with Crippen molar-refractivity contribution in [1.82, 2.24) is 5.53 Å². The van der Waals surface area contributed by atoms with Gasteiger partial charge in [-0.25, -0.2) is 0 Å². The average Bonchev–Trinajstić information content (AvgIpc) is 3.37. The molecule has 0 bridgehead atoms. The summed E-state index contributed by atoms with van der Waals surface area (Å²) in [6.45, 7) is 0.644. The Morgan fingerprint density at radius 2 is 0.556 bits per heavy atom. The molecule has 0 amide bonds. The Morgan fingerprint density at radius 1 is 0.286 bits per heavy atom. The normalized spacial score (nSPS) is 12.3.